The van der Waals surface area contributed by atoms with Crippen LogP contribution in [-0.4, -0.2) is 16.1 Å². The van der Waals surface area contributed by atoms with Crippen molar-refractivity contribution in [1.29, 1.82) is 0 Å². The fourth-order valence-electron chi connectivity index (χ4n) is 3.88. The van der Waals surface area contributed by atoms with Crippen LogP contribution < -0.4 is 10.0 Å². The van der Waals surface area contributed by atoms with Crippen LogP contribution in [0.2, 0.25) is 0 Å². The Morgan fingerprint density at radius 1 is 1.06 bits per heavy atom. The van der Waals surface area contributed by atoms with Gasteiger partial charge in [-0.1, -0.05) is 18.2 Å². The number of rotatable bonds is 3. The number of benzene rings is 2. The van der Waals surface area contributed by atoms with Crippen molar-refractivity contribution in [2.45, 2.75) is 19.3 Å². The topological polar surface area (TPSA) is 66.1 Å². The second-order valence-corrected chi connectivity index (χ2v) is 8.54. The van der Waals surface area contributed by atoms with Crippen molar-refractivity contribution in [3.63, 3.8) is 0 Å². The second-order valence-electron chi connectivity index (χ2n) is 7.54. The number of hydrogen-bond donors (Lipinski definition) is 2. The maximum Gasteiger partial charge on any atom is 0.284 e. The van der Waals surface area contributed by atoms with Crippen molar-refractivity contribution < 1.29 is 23.5 Å². The Morgan fingerprint density at radius 2 is 1.88 bits per heavy atom. The highest BCUT2D eigenvalue weighted by molar-refractivity contribution is 7.17. The number of fused-ring (bicyclic) bond motifs is 3. The molecule has 0 atom stereocenters. The van der Waals surface area contributed by atoms with Crippen LogP contribution in [0.4, 0.5) is 14.5 Å². The van der Waals surface area contributed by atoms with Crippen molar-refractivity contribution in [1.82, 2.24) is 4.98 Å². The molecule has 2 aromatic heterocycles. The van der Waals surface area contributed by atoms with Crippen molar-refractivity contribution in [2.24, 2.45) is 0 Å². The average molecular weight is 450 g/mol. The largest absolute Gasteiger partial charge is 0.315 e. The van der Waals surface area contributed by atoms with E-state index in [-0.39, 0.29) is 5.01 Å². The molecule has 8 heteroatoms. The standard InChI is InChI=1S/C24H17F2N3O2S/c25-18-6-2-7-19(26)21(18)28-23(30)24-27-20-8-1-4-14-9-10-15(12-17(14)22(20)32-24)16-5-3-11-29(31)13-16/h2-3,5-7,9-13H,1,4,8H2,(H-,28,30,31)/p+1. The van der Waals surface area contributed by atoms with Crippen LogP contribution in [0.1, 0.15) is 27.5 Å². The van der Waals surface area contributed by atoms with Gasteiger partial charge >= 0.3 is 0 Å². The average Bonchev–Trinajstić information content (AvgIpc) is 3.13. The molecule has 0 unspecified atom stereocenters. The summed E-state index contributed by atoms with van der Waals surface area (Å²) in [7, 11) is 0. The molecule has 0 bridgehead atoms. The third-order valence-electron chi connectivity index (χ3n) is 5.43. The van der Waals surface area contributed by atoms with Gasteiger partial charge < -0.3 is 5.32 Å². The zero-order valence-electron chi connectivity index (χ0n) is 16.8. The van der Waals surface area contributed by atoms with Crippen LogP contribution in [-0.2, 0) is 12.8 Å². The summed E-state index contributed by atoms with van der Waals surface area (Å²) in [6.45, 7) is 0. The van der Waals surface area contributed by atoms with Gasteiger partial charge in [0.15, 0.2) is 5.01 Å². The number of nitrogens with one attached hydrogen (secondary N) is 1. The van der Waals surface area contributed by atoms with Gasteiger partial charge in [-0.2, -0.15) is 0 Å². The van der Waals surface area contributed by atoms with Crippen molar-refractivity contribution in [3.05, 3.63) is 88.8 Å². The first-order valence-electron chi connectivity index (χ1n) is 10.1. The Hall–Kier alpha value is -3.65. The van der Waals surface area contributed by atoms with E-state index in [0.29, 0.717) is 6.42 Å². The lowest BCUT2D eigenvalue weighted by Gasteiger charge is -2.08. The second kappa shape index (κ2) is 8.12. The van der Waals surface area contributed by atoms with Gasteiger partial charge in [0.1, 0.15) is 17.3 Å². The highest BCUT2D eigenvalue weighted by atomic mass is 32.1. The van der Waals surface area contributed by atoms with E-state index in [2.05, 4.69) is 16.4 Å². The molecule has 0 aliphatic heterocycles. The lowest BCUT2D eigenvalue weighted by Crippen LogP contribution is -2.28. The highest BCUT2D eigenvalue weighted by Gasteiger charge is 2.24. The molecule has 2 heterocycles. The Labute approximate surface area is 186 Å². The van der Waals surface area contributed by atoms with Crippen LogP contribution in [0, 0.1) is 11.6 Å². The molecular weight excluding hydrogens is 432 g/mol. The molecule has 0 spiro atoms. The van der Waals surface area contributed by atoms with Crippen LogP contribution in [0.5, 0.6) is 0 Å². The minimum atomic E-state index is -0.838. The van der Waals surface area contributed by atoms with Gasteiger partial charge in [0.05, 0.1) is 16.1 Å². The third-order valence-corrected chi connectivity index (χ3v) is 6.56. The zero-order valence-corrected chi connectivity index (χ0v) is 17.6. The fraction of sp³-hybridized carbons (Fsp3) is 0.125. The van der Waals surface area contributed by atoms with Gasteiger partial charge in [0.2, 0.25) is 12.4 Å². The summed E-state index contributed by atoms with van der Waals surface area (Å²) < 4.78 is 28.9. The first-order chi connectivity index (χ1) is 15.5. The lowest BCUT2D eigenvalue weighted by molar-refractivity contribution is -0.904. The Bertz CT molecular complexity index is 1330. The quantitative estimate of drug-likeness (QED) is 0.340. The first kappa shape index (κ1) is 20.3. The number of pyridine rings is 1. The van der Waals surface area contributed by atoms with Gasteiger partial charge in [-0.15, -0.1) is 11.3 Å². The fourth-order valence-corrected chi connectivity index (χ4v) is 4.94. The lowest BCUT2D eigenvalue weighted by atomic mass is 9.98. The van der Waals surface area contributed by atoms with E-state index < -0.39 is 23.2 Å². The molecular formula is C24H18F2N3O2S+. The maximum absolute atomic E-state index is 13.9. The Morgan fingerprint density at radius 3 is 2.66 bits per heavy atom. The Balaban J connectivity index is 1.53. The minimum absolute atomic E-state index is 0.156. The first-order valence-corrected chi connectivity index (χ1v) is 10.9. The summed E-state index contributed by atoms with van der Waals surface area (Å²) in [6, 6.07) is 13.2. The minimum Gasteiger partial charge on any atom is -0.315 e. The third kappa shape index (κ3) is 3.73. The predicted molar refractivity (Wildman–Crippen MR) is 117 cm³/mol. The molecule has 160 valence electrons. The normalized spacial score (nSPS) is 12.6. The number of hydrogen-bond acceptors (Lipinski definition) is 4. The summed E-state index contributed by atoms with van der Waals surface area (Å²) >= 11 is 1.21. The molecule has 0 saturated heterocycles. The van der Waals surface area contributed by atoms with E-state index in [4.69, 9.17) is 0 Å². The van der Waals surface area contributed by atoms with Gasteiger partial charge in [0.25, 0.3) is 5.91 Å². The van der Waals surface area contributed by atoms with Crippen molar-refractivity contribution in [2.75, 3.05) is 5.32 Å². The number of anilines is 1. The van der Waals surface area contributed by atoms with E-state index in [0.717, 1.165) is 62.5 Å². The van der Waals surface area contributed by atoms with E-state index in [9.17, 15) is 18.8 Å². The van der Waals surface area contributed by atoms with Crippen molar-refractivity contribution in [3.8, 4) is 21.6 Å². The number of carbonyl (C=O) groups is 1. The summed E-state index contributed by atoms with van der Waals surface area (Å²) in [6.07, 6.45) is 5.63. The molecule has 5 rings (SSSR count). The molecule has 0 radical (unpaired) electrons. The number of para-hydroxylation sites is 1. The number of aromatic nitrogens is 2. The molecule has 2 N–H and O–H groups in total. The maximum atomic E-state index is 13.9. The van der Waals surface area contributed by atoms with E-state index >= 15 is 0 Å². The number of thiazole rings is 1. The van der Waals surface area contributed by atoms with E-state index in [1.807, 2.05) is 18.2 Å². The number of halogens is 2. The van der Waals surface area contributed by atoms with Gasteiger partial charge in [-0.25, -0.2) is 13.8 Å². The molecule has 1 amide bonds. The summed E-state index contributed by atoms with van der Waals surface area (Å²) in [4.78, 5) is 18.1. The number of nitrogens with zero attached hydrogens (tertiary/aromatic N) is 2. The zero-order chi connectivity index (χ0) is 22.2. The predicted octanol–water partition coefficient (Wildman–Crippen LogP) is 5.02. The molecule has 1 aliphatic carbocycles. The molecule has 2 aromatic carbocycles. The molecule has 5 nitrogen and oxygen atoms in total. The van der Waals surface area contributed by atoms with Crippen LogP contribution in [0.15, 0.2) is 60.9 Å². The molecule has 32 heavy (non-hydrogen) atoms. The van der Waals surface area contributed by atoms with E-state index in [1.165, 1.54) is 23.6 Å². The summed E-state index contributed by atoms with van der Waals surface area (Å²) in [5.41, 5.74) is 4.23. The van der Waals surface area contributed by atoms with Gasteiger partial charge in [-0.3, -0.25) is 10.0 Å². The van der Waals surface area contributed by atoms with Gasteiger partial charge in [-0.05, 0) is 60.2 Å². The summed E-state index contributed by atoms with van der Waals surface area (Å²) in [5, 5.41) is 12.2. The highest BCUT2D eigenvalue weighted by Crippen LogP contribution is 2.39. The molecule has 0 saturated carbocycles. The van der Waals surface area contributed by atoms with E-state index in [1.54, 1.807) is 12.3 Å². The summed E-state index contributed by atoms with van der Waals surface area (Å²) in [5.74, 6) is -2.32. The number of amides is 1. The number of aryl methyl sites for hydroxylation is 2. The van der Waals surface area contributed by atoms with Gasteiger partial charge in [0, 0.05) is 10.8 Å². The SMILES string of the molecule is O=C(Nc1c(F)cccc1F)c1nc2c(s1)-c1cc(-c3ccc[n+](O)c3)ccc1CCC2. The molecule has 4 aromatic rings. The van der Waals surface area contributed by atoms with Crippen LogP contribution in [0.25, 0.3) is 21.6 Å². The monoisotopic (exact) mass is 450 g/mol. The number of carbonyl (C=O) groups excluding carboxylic acids is 1. The molecule has 0 fully saturated rings. The van der Waals surface area contributed by atoms with Crippen LogP contribution >= 0.6 is 11.3 Å². The smallest absolute Gasteiger partial charge is 0.284 e. The Kier molecular flexibility index (Phi) is 5.14. The van der Waals surface area contributed by atoms with Crippen LogP contribution in [0.3, 0.4) is 0 Å². The molecule has 1 aliphatic rings. The van der Waals surface area contributed by atoms with Crippen molar-refractivity contribution >= 4 is 22.9 Å².